The third-order valence-electron chi connectivity index (χ3n) is 1.81. The molecule has 0 aliphatic carbocycles. The van der Waals surface area contributed by atoms with Gasteiger partial charge in [-0.25, -0.2) is 0 Å². The first-order chi connectivity index (χ1) is 6.22. The molecular formula is C11H11ClO. The van der Waals surface area contributed by atoms with Gasteiger partial charge in [0.05, 0.1) is 0 Å². The molecule has 0 bridgehead atoms. The lowest BCUT2D eigenvalue weighted by atomic mass is 10.1. The summed E-state index contributed by atoms with van der Waals surface area (Å²) >= 11 is 5.72. The minimum atomic E-state index is -0.643. The Kier molecular flexibility index (Phi) is 3.82. The maximum atomic E-state index is 9.11. The van der Waals surface area contributed by atoms with Gasteiger partial charge in [-0.3, -0.25) is 0 Å². The number of rotatable bonds is 3. The molecule has 1 atom stereocenters. The fraction of sp³-hybridized carbons (Fsp3) is 0.273. The van der Waals surface area contributed by atoms with Crippen molar-refractivity contribution < 1.29 is 5.11 Å². The highest BCUT2D eigenvalue weighted by molar-refractivity contribution is 6.30. The van der Waals surface area contributed by atoms with Crippen LogP contribution < -0.4 is 0 Å². The van der Waals surface area contributed by atoms with Crippen LogP contribution in [0.15, 0.2) is 24.3 Å². The van der Waals surface area contributed by atoms with Crippen LogP contribution in [-0.4, -0.2) is 11.2 Å². The molecule has 13 heavy (non-hydrogen) atoms. The van der Waals surface area contributed by atoms with Crippen molar-refractivity contribution in [2.24, 2.45) is 0 Å². The molecule has 1 aromatic carbocycles. The van der Waals surface area contributed by atoms with E-state index in [9.17, 15) is 0 Å². The first kappa shape index (κ1) is 10.1. The molecule has 0 aliphatic heterocycles. The summed E-state index contributed by atoms with van der Waals surface area (Å²) in [6.07, 6.45) is 5.77. The van der Waals surface area contributed by atoms with Crippen molar-refractivity contribution in [1.29, 1.82) is 0 Å². The van der Waals surface area contributed by atoms with Gasteiger partial charge in [0.2, 0.25) is 0 Å². The van der Waals surface area contributed by atoms with Gasteiger partial charge < -0.3 is 5.11 Å². The van der Waals surface area contributed by atoms with Gasteiger partial charge in [0, 0.05) is 5.02 Å². The molecule has 1 rings (SSSR count). The van der Waals surface area contributed by atoms with Crippen molar-refractivity contribution >= 4 is 11.6 Å². The predicted molar refractivity (Wildman–Crippen MR) is 54.6 cm³/mol. The Bertz CT molecular complexity index is 297. The molecule has 0 radical (unpaired) electrons. The van der Waals surface area contributed by atoms with Crippen molar-refractivity contribution in [3.63, 3.8) is 0 Å². The van der Waals surface area contributed by atoms with E-state index in [1.807, 2.05) is 24.3 Å². The molecule has 0 fully saturated rings. The van der Waals surface area contributed by atoms with Gasteiger partial charge in [-0.1, -0.05) is 29.7 Å². The Labute approximate surface area is 83.4 Å². The van der Waals surface area contributed by atoms with Crippen LogP contribution in [0.3, 0.4) is 0 Å². The molecule has 0 aliphatic rings. The number of halogens is 1. The number of aliphatic hydroxyl groups is 1. The van der Waals surface area contributed by atoms with E-state index in [1.54, 1.807) is 0 Å². The van der Waals surface area contributed by atoms with Crippen molar-refractivity contribution in [1.82, 2.24) is 0 Å². The van der Waals surface area contributed by atoms with Crippen LogP contribution in [-0.2, 0) is 6.42 Å². The third kappa shape index (κ3) is 3.50. The van der Waals surface area contributed by atoms with Gasteiger partial charge in [-0.15, -0.1) is 6.42 Å². The van der Waals surface area contributed by atoms with Gasteiger partial charge in [0.1, 0.15) is 6.10 Å². The normalized spacial score (nSPS) is 12.1. The lowest BCUT2D eigenvalue weighted by Gasteiger charge is -2.03. The Morgan fingerprint density at radius 1 is 1.38 bits per heavy atom. The summed E-state index contributed by atoms with van der Waals surface area (Å²) in [5, 5.41) is 9.84. The molecule has 0 saturated heterocycles. The summed E-state index contributed by atoms with van der Waals surface area (Å²) in [6, 6.07) is 7.54. The van der Waals surface area contributed by atoms with Crippen LogP contribution in [0.2, 0.25) is 5.02 Å². The van der Waals surface area contributed by atoms with Crippen LogP contribution in [0.5, 0.6) is 0 Å². The molecule has 1 unspecified atom stereocenters. The molecule has 0 spiro atoms. The molecule has 0 amide bonds. The maximum Gasteiger partial charge on any atom is 0.114 e. The fourth-order valence-electron chi connectivity index (χ4n) is 1.04. The van der Waals surface area contributed by atoms with Crippen molar-refractivity contribution in [3.8, 4) is 12.3 Å². The van der Waals surface area contributed by atoms with Crippen LogP contribution in [0.1, 0.15) is 12.0 Å². The number of terminal acetylenes is 1. The van der Waals surface area contributed by atoms with Gasteiger partial charge in [0.25, 0.3) is 0 Å². The van der Waals surface area contributed by atoms with E-state index in [2.05, 4.69) is 5.92 Å². The fourth-order valence-corrected chi connectivity index (χ4v) is 1.16. The first-order valence-corrected chi connectivity index (χ1v) is 4.49. The van der Waals surface area contributed by atoms with Crippen LogP contribution in [0, 0.1) is 12.3 Å². The molecule has 1 nitrogen and oxygen atoms in total. The Morgan fingerprint density at radius 2 is 2.00 bits per heavy atom. The minimum absolute atomic E-state index is 0.595. The van der Waals surface area contributed by atoms with E-state index in [0.717, 1.165) is 17.0 Å². The number of aliphatic hydroxyl groups excluding tert-OH is 1. The monoisotopic (exact) mass is 194 g/mol. The van der Waals surface area contributed by atoms with Gasteiger partial charge in [-0.2, -0.15) is 0 Å². The molecule has 0 aromatic heterocycles. The third-order valence-corrected chi connectivity index (χ3v) is 2.06. The van der Waals surface area contributed by atoms with Crippen molar-refractivity contribution in [3.05, 3.63) is 34.9 Å². The summed E-state index contributed by atoms with van der Waals surface area (Å²) in [5.41, 5.74) is 1.14. The standard InChI is InChI=1S/C11H11ClO/c1-2-11(13)8-5-9-3-6-10(12)7-4-9/h1,3-4,6-7,11,13H,5,8H2. The number of hydrogen-bond acceptors (Lipinski definition) is 1. The number of benzene rings is 1. The second-order valence-corrected chi connectivity index (χ2v) is 3.28. The highest BCUT2D eigenvalue weighted by atomic mass is 35.5. The van der Waals surface area contributed by atoms with E-state index in [4.69, 9.17) is 23.1 Å². The molecule has 1 N–H and O–H groups in total. The topological polar surface area (TPSA) is 20.2 Å². The number of hydrogen-bond donors (Lipinski definition) is 1. The van der Waals surface area contributed by atoms with E-state index in [0.29, 0.717) is 6.42 Å². The lowest BCUT2D eigenvalue weighted by Crippen LogP contribution is -2.03. The summed E-state index contributed by atoms with van der Waals surface area (Å²) < 4.78 is 0. The van der Waals surface area contributed by atoms with E-state index >= 15 is 0 Å². The summed E-state index contributed by atoms with van der Waals surface area (Å²) in [5.74, 6) is 2.28. The van der Waals surface area contributed by atoms with E-state index < -0.39 is 6.10 Å². The smallest absolute Gasteiger partial charge is 0.114 e. The Hall–Kier alpha value is -0.970. The summed E-state index contributed by atoms with van der Waals surface area (Å²) in [7, 11) is 0. The van der Waals surface area contributed by atoms with Gasteiger partial charge in [-0.05, 0) is 30.5 Å². The van der Waals surface area contributed by atoms with Gasteiger partial charge >= 0.3 is 0 Å². The summed E-state index contributed by atoms with van der Waals surface area (Å²) in [6.45, 7) is 0. The zero-order chi connectivity index (χ0) is 9.68. The second-order valence-electron chi connectivity index (χ2n) is 2.85. The largest absolute Gasteiger partial charge is 0.380 e. The lowest BCUT2D eigenvalue weighted by molar-refractivity contribution is 0.222. The Morgan fingerprint density at radius 3 is 2.54 bits per heavy atom. The molecular weight excluding hydrogens is 184 g/mol. The number of aryl methyl sites for hydroxylation is 1. The highest BCUT2D eigenvalue weighted by Gasteiger charge is 1.99. The Balaban J connectivity index is 2.47. The average molecular weight is 195 g/mol. The molecule has 2 heteroatoms. The van der Waals surface area contributed by atoms with Crippen LogP contribution >= 0.6 is 11.6 Å². The summed E-state index contributed by atoms with van der Waals surface area (Å²) in [4.78, 5) is 0. The second kappa shape index (κ2) is 4.91. The predicted octanol–water partition coefficient (Wildman–Crippen LogP) is 2.27. The van der Waals surface area contributed by atoms with Crippen molar-refractivity contribution in [2.45, 2.75) is 18.9 Å². The van der Waals surface area contributed by atoms with E-state index in [1.165, 1.54) is 0 Å². The average Bonchev–Trinajstić information content (AvgIpc) is 2.16. The molecule has 0 heterocycles. The minimum Gasteiger partial charge on any atom is -0.380 e. The molecule has 68 valence electrons. The van der Waals surface area contributed by atoms with Crippen molar-refractivity contribution in [2.75, 3.05) is 0 Å². The highest BCUT2D eigenvalue weighted by Crippen LogP contribution is 2.11. The SMILES string of the molecule is C#CC(O)CCc1ccc(Cl)cc1. The van der Waals surface area contributed by atoms with Gasteiger partial charge in [0.15, 0.2) is 0 Å². The molecule has 0 saturated carbocycles. The zero-order valence-corrected chi connectivity index (χ0v) is 7.96. The quantitative estimate of drug-likeness (QED) is 0.732. The van der Waals surface area contributed by atoms with E-state index in [-0.39, 0.29) is 0 Å². The van der Waals surface area contributed by atoms with Crippen LogP contribution in [0.25, 0.3) is 0 Å². The first-order valence-electron chi connectivity index (χ1n) is 4.11. The van der Waals surface area contributed by atoms with Crippen LogP contribution in [0.4, 0.5) is 0 Å². The maximum absolute atomic E-state index is 9.11. The molecule has 1 aromatic rings. The zero-order valence-electron chi connectivity index (χ0n) is 7.20.